The number of esters is 2. The lowest BCUT2D eigenvalue weighted by Crippen LogP contribution is -2.64. The number of hydrogen-bond acceptors (Lipinski definition) is 12. The number of hydrogen-bond donors (Lipinski definition) is 6. The fraction of sp³-hybridized carbons (Fsp3) is 0.854. The summed E-state index contributed by atoms with van der Waals surface area (Å²) in [7, 11) is -5.11. The molecule has 0 aromatic heterocycles. The molecule has 13 nitrogen and oxygen atoms in total. The van der Waals surface area contributed by atoms with Crippen molar-refractivity contribution in [2.45, 2.75) is 211 Å². The van der Waals surface area contributed by atoms with E-state index in [1.807, 2.05) is 0 Å². The Balaban J connectivity index is 2.48. The summed E-state index contributed by atoms with van der Waals surface area (Å²) in [5.74, 6) is -1.11. The summed E-state index contributed by atoms with van der Waals surface area (Å²) in [5, 5.41) is 50.0. The van der Waals surface area contributed by atoms with Crippen LogP contribution < -0.4 is 0 Å². The minimum absolute atomic E-state index is 0.0899. The number of phosphoric ester groups is 1. The minimum atomic E-state index is -5.11. The Hall–Kier alpha value is -1.67. The second-order valence-corrected chi connectivity index (χ2v) is 16.3. The van der Waals surface area contributed by atoms with E-state index in [0.29, 0.717) is 12.8 Å². The van der Waals surface area contributed by atoms with Crippen molar-refractivity contribution in [3.63, 3.8) is 0 Å². The predicted octanol–water partition coefficient (Wildman–Crippen LogP) is 7.28. The normalized spacial score (nSPS) is 23.3. The first-order valence-electron chi connectivity index (χ1n) is 21.1. The van der Waals surface area contributed by atoms with E-state index < -0.39 is 75.7 Å². The molecule has 0 spiro atoms. The maximum atomic E-state index is 12.8. The molecule has 1 aliphatic rings. The van der Waals surface area contributed by atoms with Gasteiger partial charge in [0.1, 0.15) is 43.2 Å². The Morgan fingerprint density at radius 3 is 1.51 bits per heavy atom. The lowest BCUT2D eigenvalue weighted by atomic mass is 9.85. The number of rotatable bonds is 34. The monoisotopic (exact) mass is 806 g/mol. The van der Waals surface area contributed by atoms with E-state index >= 15 is 0 Å². The molecule has 0 aromatic carbocycles. The molecule has 0 aromatic rings. The molecule has 0 aliphatic heterocycles. The third kappa shape index (κ3) is 25.3. The van der Waals surface area contributed by atoms with Crippen LogP contribution in [0.3, 0.4) is 0 Å². The molecular formula is C41H75O13P. The van der Waals surface area contributed by atoms with Gasteiger partial charge in [-0.15, -0.1) is 0 Å². The Kier molecular flexibility index (Phi) is 30.2. The highest BCUT2D eigenvalue weighted by Gasteiger charge is 2.51. The molecule has 1 rings (SSSR count). The first kappa shape index (κ1) is 51.3. The van der Waals surface area contributed by atoms with E-state index in [0.717, 1.165) is 77.0 Å². The summed E-state index contributed by atoms with van der Waals surface area (Å²) >= 11 is 0. The molecule has 8 atom stereocenters. The highest BCUT2D eigenvalue weighted by atomic mass is 31.2. The molecule has 1 aliphatic carbocycles. The molecule has 0 heterocycles. The average molecular weight is 807 g/mol. The van der Waals surface area contributed by atoms with Crippen molar-refractivity contribution in [1.82, 2.24) is 0 Å². The summed E-state index contributed by atoms with van der Waals surface area (Å²) in [4.78, 5) is 35.5. The van der Waals surface area contributed by atoms with Gasteiger partial charge in [0.05, 0.1) is 6.61 Å². The number of ether oxygens (including phenoxy) is 2. The number of phosphoric acid groups is 1. The van der Waals surface area contributed by atoms with Crippen molar-refractivity contribution >= 4 is 19.8 Å². The molecule has 6 unspecified atom stereocenters. The predicted molar refractivity (Wildman–Crippen MR) is 212 cm³/mol. The van der Waals surface area contributed by atoms with Gasteiger partial charge in [-0.25, -0.2) is 4.57 Å². The van der Waals surface area contributed by atoms with Gasteiger partial charge in [0, 0.05) is 12.8 Å². The number of unbranched alkanes of at least 4 members (excludes halogenated alkanes) is 18. The van der Waals surface area contributed by atoms with E-state index in [1.165, 1.54) is 51.4 Å². The number of carbonyl (C=O) groups is 2. The van der Waals surface area contributed by atoms with Crippen molar-refractivity contribution in [3.05, 3.63) is 24.3 Å². The Morgan fingerprint density at radius 2 is 0.982 bits per heavy atom. The fourth-order valence-corrected chi connectivity index (χ4v) is 7.29. The molecule has 322 valence electrons. The van der Waals surface area contributed by atoms with Crippen LogP contribution in [0.15, 0.2) is 24.3 Å². The van der Waals surface area contributed by atoms with E-state index in [9.17, 15) is 44.6 Å². The van der Waals surface area contributed by atoms with Crippen LogP contribution in [0.25, 0.3) is 0 Å². The Labute approximate surface area is 330 Å². The summed E-state index contributed by atoms with van der Waals surface area (Å²) in [6, 6.07) is 0. The van der Waals surface area contributed by atoms with Crippen LogP contribution in [0.5, 0.6) is 0 Å². The zero-order valence-electron chi connectivity index (χ0n) is 33.7. The number of aliphatic hydroxyl groups excluding tert-OH is 5. The molecule has 0 bridgehead atoms. The van der Waals surface area contributed by atoms with Crippen LogP contribution >= 0.6 is 7.82 Å². The van der Waals surface area contributed by atoms with E-state index in [2.05, 4.69) is 38.2 Å². The molecule has 55 heavy (non-hydrogen) atoms. The topological polar surface area (TPSA) is 210 Å². The standard InChI is InChI=1S/C41H75O13P/c1-3-5-7-9-11-13-14-15-16-17-18-19-20-22-24-26-28-30-35(43)53-33(31-51-34(42)29-27-25-23-21-12-10-8-6-4-2)32-52-55(49,50)54-41-39(47)37(45)36(44)38(46)40(41)48/h11,13,15-16,33,36-41,44-48H,3-10,12,14,17-32H2,1-2H3,(H,49,50)/b13-11-,16-15-/t33-,36?,37-,38?,39?,40?,41?/m1/s1. The summed E-state index contributed by atoms with van der Waals surface area (Å²) in [6.07, 6.45) is 19.7. The van der Waals surface area contributed by atoms with Crippen molar-refractivity contribution in [2.75, 3.05) is 13.2 Å². The molecule has 1 fully saturated rings. The van der Waals surface area contributed by atoms with Crippen LogP contribution in [0.1, 0.15) is 168 Å². The van der Waals surface area contributed by atoms with E-state index in [1.54, 1.807) is 0 Å². The highest BCUT2D eigenvalue weighted by Crippen LogP contribution is 2.47. The lowest BCUT2D eigenvalue weighted by Gasteiger charge is -2.41. The van der Waals surface area contributed by atoms with Gasteiger partial charge in [-0.3, -0.25) is 18.6 Å². The molecule has 6 N–H and O–H groups in total. The molecule has 0 saturated heterocycles. The van der Waals surface area contributed by atoms with Crippen LogP contribution in [0.2, 0.25) is 0 Å². The van der Waals surface area contributed by atoms with Gasteiger partial charge in [-0.2, -0.15) is 0 Å². The zero-order valence-corrected chi connectivity index (χ0v) is 34.6. The second kappa shape index (κ2) is 32.3. The van der Waals surface area contributed by atoms with Crippen molar-refractivity contribution in [1.29, 1.82) is 0 Å². The summed E-state index contributed by atoms with van der Waals surface area (Å²) in [5.41, 5.74) is 0. The number of aliphatic hydroxyl groups is 5. The smallest absolute Gasteiger partial charge is 0.462 e. The van der Waals surface area contributed by atoms with Crippen LogP contribution in [-0.2, 0) is 32.7 Å². The molecule has 0 radical (unpaired) electrons. The van der Waals surface area contributed by atoms with Crippen LogP contribution in [0.4, 0.5) is 0 Å². The molecule has 1 saturated carbocycles. The van der Waals surface area contributed by atoms with Gasteiger partial charge >= 0.3 is 19.8 Å². The zero-order chi connectivity index (χ0) is 40.7. The largest absolute Gasteiger partial charge is 0.472 e. The third-order valence-corrected chi connectivity index (χ3v) is 10.8. The van der Waals surface area contributed by atoms with Crippen molar-refractivity contribution in [3.8, 4) is 0 Å². The van der Waals surface area contributed by atoms with Gasteiger partial charge in [0.15, 0.2) is 6.10 Å². The maximum Gasteiger partial charge on any atom is 0.472 e. The summed E-state index contributed by atoms with van der Waals surface area (Å²) < 4.78 is 33.4. The van der Waals surface area contributed by atoms with E-state index in [-0.39, 0.29) is 12.8 Å². The van der Waals surface area contributed by atoms with Crippen molar-refractivity contribution in [2.24, 2.45) is 0 Å². The highest BCUT2D eigenvalue weighted by molar-refractivity contribution is 7.47. The number of carbonyl (C=O) groups excluding carboxylic acids is 2. The van der Waals surface area contributed by atoms with Gasteiger partial charge in [-0.1, -0.05) is 134 Å². The lowest BCUT2D eigenvalue weighted by molar-refractivity contribution is -0.220. The van der Waals surface area contributed by atoms with Gasteiger partial charge in [0.25, 0.3) is 0 Å². The second-order valence-electron chi connectivity index (χ2n) is 14.8. The van der Waals surface area contributed by atoms with Crippen molar-refractivity contribution < 1.29 is 63.1 Å². The van der Waals surface area contributed by atoms with Crippen LogP contribution in [0, 0.1) is 0 Å². The Bertz CT molecular complexity index is 1070. The van der Waals surface area contributed by atoms with Gasteiger partial charge in [-0.05, 0) is 44.9 Å². The van der Waals surface area contributed by atoms with E-state index in [4.69, 9.17) is 18.5 Å². The number of allylic oxidation sites excluding steroid dienone is 4. The molecular weight excluding hydrogens is 731 g/mol. The first-order chi connectivity index (χ1) is 26.4. The van der Waals surface area contributed by atoms with Crippen LogP contribution in [-0.4, -0.2) is 98.3 Å². The third-order valence-electron chi connectivity index (χ3n) is 9.80. The Morgan fingerprint density at radius 1 is 0.564 bits per heavy atom. The summed E-state index contributed by atoms with van der Waals surface area (Å²) in [6.45, 7) is 3.22. The first-order valence-corrected chi connectivity index (χ1v) is 22.6. The fourth-order valence-electron chi connectivity index (χ4n) is 6.32. The molecule has 14 heteroatoms. The SMILES string of the molecule is CCCCC/C=C\C/C=C\CCCCCCCCCC(=O)O[C@H](COC(=O)CCCCCCCCCCC)COP(=O)(O)OC1C(O)C(O)C(O)[C@@H](O)C1O. The molecule has 0 amide bonds. The maximum absolute atomic E-state index is 12.8. The minimum Gasteiger partial charge on any atom is -0.462 e. The van der Waals surface area contributed by atoms with Gasteiger partial charge < -0.3 is 39.9 Å². The average Bonchev–Trinajstić information content (AvgIpc) is 3.16. The van der Waals surface area contributed by atoms with Gasteiger partial charge in [0.2, 0.25) is 0 Å². The quantitative estimate of drug-likeness (QED) is 0.0164.